The smallest absolute Gasteiger partial charge is 0.275 e. The number of amides is 1. The van der Waals surface area contributed by atoms with Crippen LogP contribution in [0.4, 0.5) is 17.2 Å². The van der Waals surface area contributed by atoms with Crippen LogP contribution in [0.3, 0.4) is 0 Å². The lowest BCUT2D eigenvalue weighted by Gasteiger charge is -2.08. The molecule has 1 aromatic heterocycles. The quantitative estimate of drug-likeness (QED) is 0.661. The number of carbonyl (C=O) groups is 1. The molecule has 0 unspecified atom stereocenters. The maximum Gasteiger partial charge on any atom is 0.275 e. The third-order valence-electron chi connectivity index (χ3n) is 3.64. The summed E-state index contributed by atoms with van der Waals surface area (Å²) < 4.78 is 1.01. The summed E-state index contributed by atoms with van der Waals surface area (Å²) >= 11 is 3.50. The van der Waals surface area contributed by atoms with Gasteiger partial charge in [0.25, 0.3) is 5.91 Å². The van der Waals surface area contributed by atoms with Gasteiger partial charge in [-0.15, -0.1) is 0 Å². The Morgan fingerprint density at radius 1 is 0.960 bits per heavy atom. The van der Waals surface area contributed by atoms with Crippen LogP contribution in [0.25, 0.3) is 0 Å². The number of nitrogens with one attached hydrogen (secondary N) is 2. The van der Waals surface area contributed by atoms with Gasteiger partial charge in [0.1, 0.15) is 11.5 Å². The van der Waals surface area contributed by atoms with Gasteiger partial charge in [-0.05, 0) is 43.7 Å². The van der Waals surface area contributed by atoms with Crippen molar-refractivity contribution in [2.45, 2.75) is 13.8 Å². The Balaban J connectivity index is 1.67. The highest BCUT2D eigenvalue weighted by Gasteiger charge is 2.09. The number of hydrogen-bond acceptors (Lipinski definition) is 4. The SMILES string of the molecule is Cc1ccc(NC(=O)c2cnc(Nc3ccc(C)c(Br)c3)cn2)cc1. The molecule has 0 fully saturated rings. The normalized spacial score (nSPS) is 10.4. The van der Waals surface area contributed by atoms with Crippen molar-refractivity contribution in [2.75, 3.05) is 10.6 Å². The summed E-state index contributed by atoms with van der Waals surface area (Å²) in [4.78, 5) is 20.6. The molecule has 25 heavy (non-hydrogen) atoms. The zero-order valence-electron chi connectivity index (χ0n) is 13.9. The van der Waals surface area contributed by atoms with Gasteiger partial charge in [0, 0.05) is 15.8 Å². The molecular formula is C19H17BrN4O. The van der Waals surface area contributed by atoms with Gasteiger partial charge in [0.15, 0.2) is 0 Å². The monoisotopic (exact) mass is 396 g/mol. The Bertz CT molecular complexity index is 892. The number of aryl methyl sites for hydroxylation is 2. The summed E-state index contributed by atoms with van der Waals surface area (Å²) in [5, 5.41) is 5.96. The van der Waals surface area contributed by atoms with Crippen molar-refractivity contribution in [3.63, 3.8) is 0 Å². The van der Waals surface area contributed by atoms with E-state index in [0.717, 1.165) is 27.0 Å². The number of benzene rings is 2. The average molecular weight is 397 g/mol. The summed E-state index contributed by atoms with van der Waals surface area (Å²) in [6.45, 7) is 4.02. The van der Waals surface area contributed by atoms with E-state index in [2.05, 4.69) is 36.5 Å². The minimum Gasteiger partial charge on any atom is -0.339 e. The van der Waals surface area contributed by atoms with E-state index in [4.69, 9.17) is 0 Å². The van der Waals surface area contributed by atoms with Crippen LogP contribution in [-0.4, -0.2) is 15.9 Å². The predicted octanol–water partition coefficient (Wildman–Crippen LogP) is 4.85. The molecule has 5 nitrogen and oxygen atoms in total. The Morgan fingerprint density at radius 3 is 2.32 bits per heavy atom. The van der Waals surface area contributed by atoms with Crippen molar-refractivity contribution in [1.29, 1.82) is 0 Å². The largest absolute Gasteiger partial charge is 0.339 e. The third kappa shape index (κ3) is 4.42. The second-order valence-electron chi connectivity index (χ2n) is 5.70. The van der Waals surface area contributed by atoms with Crippen molar-refractivity contribution >= 4 is 39.0 Å². The van der Waals surface area contributed by atoms with E-state index in [-0.39, 0.29) is 11.6 Å². The number of rotatable bonds is 4. The molecule has 0 aliphatic rings. The van der Waals surface area contributed by atoms with E-state index in [1.165, 1.54) is 12.4 Å². The number of nitrogens with zero attached hydrogens (tertiary/aromatic N) is 2. The molecule has 3 aromatic rings. The molecule has 6 heteroatoms. The van der Waals surface area contributed by atoms with Crippen molar-refractivity contribution < 1.29 is 4.79 Å². The van der Waals surface area contributed by atoms with Crippen LogP contribution in [0.1, 0.15) is 21.6 Å². The van der Waals surface area contributed by atoms with E-state index in [1.807, 2.05) is 56.3 Å². The fourth-order valence-electron chi connectivity index (χ4n) is 2.16. The molecule has 0 atom stereocenters. The van der Waals surface area contributed by atoms with Gasteiger partial charge < -0.3 is 10.6 Å². The first-order valence-corrected chi connectivity index (χ1v) is 8.54. The van der Waals surface area contributed by atoms with E-state index in [9.17, 15) is 4.79 Å². The van der Waals surface area contributed by atoms with Gasteiger partial charge in [-0.1, -0.05) is 39.7 Å². The van der Waals surface area contributed by atoms with Crippen molar-refractivity contribution in [2.24, 2.45) is 0 Å². The molecule has 0 saturated carbocycles. The highest BCUT2D eigenvalue weighted by atomic mass is 79.9. The summed E-state index contributed by atoms with van der Waals surface area (Å²) in [6, 6.07) is 13.5. The fraction of sp³-hybridized carbons (Fsp3) is 0.105. The van der Waals surface area contributed by atoms with Crippen LogP contribution in [0.15, 0.2) is 59.3 Å². The Kier molecular flexibility index (Phi) is 5.09. The number of aromatic nitrogens is 2. The lowest BCUT2D eigenvalue weighted by Crippen LogP contribution is -2.14. The molecule has 1 amide bonds. The van der Waals surface area contributed by atoms with Crippen LogP contribution in [0.2, 0.25) is 0 Å². The minimum atomic E-state index is -0.291. The van der Waals surface area contributed by atoms with Gasteiger partial charge >= 0.3 is 0 Å². The minimum absolute atomic E-state index is 0.260. The Morgan fingerprint density at radius 2 is 1.68 bits per heavy atom. The van der Waals surface area contributed by atoms with E-state index in [0.29, 0.717) is 5.82 Å². The van der Waals surface area contributed by atoms with Crippen LogP contribution in [0.5, 0.6) is 0 Å². The first kappa shape index (κ1) is 17.1. The Labute approximate surface area is 154 Å². The summed E-state index contributed by atoms with van der Waals surface area (Å²) in [6.07, 6.45) is 2.99. The highest BCUT2D eigenvalue weighted by molar-refractivity contribution is 9.10. The van der Waals surface area contributed by atoms with Crippen molar-refractivity contribution in [3.05, 3.63) is 76.2 Å². The molecule has 126 valence electrons. The van der Waals surface area contributed by atoms with Crippen LogP contribution in [0, 0.1) is 13.8 Å². The molecule has 2 N–H and O–H groups in total. The van der Waals surface area contributed by atoms with Crippen molar-refractivity contribution in [1.82, 2.24) is 9.97 Å². The van der Waals surface area contributed by atoms with Gasteiger partial charge in [-0.3, -0.25) is 4.79 Å². The summed E-state index contributed by atoms with van der Waals surface area (Å²) in [5.74, 6) is 0.281. The molecule has 0 saturated heterocycles. The van der Waals surface area contributed by atoms with Gasteiger partial charge in [0.05, 0.1) is 12.4 Å². The number of halogens is 1. The number of anilines is 3. The summed E-state index contributed by atoms with van der Waals surface area (Å²) in [5.41, 5.74) is 4.17. The first-order chi connectivity index (χ1) is 12.0. The zero-order chi connectivity index (χ0) is 17.8. The van der Waals surface area contributed by atoms with E-state index >= 15 is 0 Å². The van der Waals surface area contributed by atoms with Crippen LogP contribution in [-0.2, 0) is 0 Å². The fourth-order valence-corrected chi connectivity index (χ4v) is 2.54. The standard InChI is InChI=1S/C19H17BrN4O/c1-12-3-6-14(7-4-12)24-19(25)17-10-22-18(11-21-17)23-15-8-5-13(2)16(20)9-15/h3-11H,1-2H3,(H,22,23)(H,24,25). The molecular weight excluding hydrogens is 380 g/mol. The van der Waals surface area contributed by atoms with E-state index in [1.54, 1.807) is 0 Å². The highest BCUT2D eigenvalue weighted by Crippen LogP contribution is 2.22. The topological polar surface area (TPSA) is 66.9 Å². The van der Waals surface area contributed by atoms with Crippen LogP contribution >= 0.6 is 15.9 Å². The zero-order valence-corrected chi connectivity index (χ0v) is 15.5. The molecule has 2 aromatic carbocycles. The second kappa shape index (κ2) is 7.44. The molecule has 1 heterocycles. The third-order valence-corrected chi connectivity index (χ3v) is 4.49. The average Bonchev–Trinajstić information content (AvgIpc) is 2.61. The molecule has 0 radical (unpaired) electrons. The Hall–Kier alpha value is -2.73. The van der Waals surface area contributed by atoms with Crippen molar-refractivity contribution in [3.8, 4) is 0 Å². The lowest BCUT2D eigenvalue weighted by molar-refractivity contribution is 0.102. The molecule has 0 bridgehead atoms. The molecule has 0 spiro atoms. The molecule has 3 rings (SSSR count). The number of carbonyl (C=O) groups excluding carboxylic acids is 1. The predicted molar refractivity (Wildman–Crippen MR) is 103 cm³/mol. The first-order valence-electron chi connectivity index (χ1n) is 7.74. The second-order valence-corrected chi connectivity index (χ2v) is 6.55. The molecule has 0 aliphatic carbocycles. The van der Waals surface area contributed by atoms with Gasteiger partial charge in [-0.25, -0.2) is 9.97 Å². The van der Waals surface area contributed by atoms with Gasteiger partial charge in [0.2, 0.25) is 0 Å². The maximum atomic E-state index is 12.2. The van der Waals surface area contributed by atoms with Crippen LogP contribution < -0.4 is 10.6 Å². The number of hydrogen-bond donors (Lipinski definition) is 2. The maximum absolute atomic E-state index is 12.2. The van der Waals surface area contributed by atoms with Gasteiger partial charge in [-0.2, -0.15) is 0 Å². The van der Waals surface area contributed by atoms with E-state index < -0.39 is 0 Å². The molecule has 0 aliphatic heterocycles. The lowest BCUT2D eigenvalue weighted by atomic mass is 10.2. The summed E-state index contributed by atoms with van der Waals surface area (Å²) in [7, 11) is 0.